The van der Waals surface area contributed by atoms with E-state index in [1.54, 1.807) is 0 Å². The summed E-state index contributed by atoms with van der Waals surface area (Å²) in [7, 11) is 0. The van der Waals surface area contributed by atoms with E-state index in [-0.39, 0.29) is 18.2 Å². The molecule has 0 aliphatic heterocycles. The number of halogens is 4. The van der Waals surface area contributed by atoms with Crippen LogP contribution >= 0.6 is 11.6 Å². The lowest BCUT2D eigenvalue weighted by Crippen LogP contribution is -2.26. The van der Waals surface area contributed by atoms with Crippen molar-refractivity contribution in [3.8, 4) is 0 Å². The van der Waals surface area contributed by atoms with Crippen molar-refractivity contribution >= 4 is 23.0 Å². The molecule has 1 atom stereocenters. The first kappa shape index (κ1) is 18.5. The van der Waals surface area contributed by atoms with Crippen LogP contribution in [-0.2, 0) is 6.18 Å². The third kappa shape index (κ3) is 4.74. The standard InChI is InChI=1S/C13H16ClF3N2O3/c1-7(2)3-8(6-20)18-11-5-10(14)9(13(15,16)17)4-12(11)19(21)22/h4-5,7-8,18,20H,3,6H2,1-2H3. The van der Waals surface area contributed by atoms with Gasteiger partial charge in [0, 0.05) is 12.1 Å². The fourth-order valence-corrected chi connectivity index (χ4v) is 2.28. The maximum absolute atomic E-state index is 12.8. The Morgan fingerprint density at radius 1 is 1.41 bits per heavy atom. The van der Waals surface area contributed by atoms with E-state index in [1.165, 1.54) is 0 Å². The lowest BCUT2D eigenvalue weighted by molar-refractivity contribution is -0.384. The first-order valence-electron chi connectivity index (χ1n) is 6.48. The van der Waals surface area contributed by atoms with Crippen molar-refractivity contribution < 1.29 is 23.2 Å². The molecule has 0 aliphatic carbocycles. The number of alkyl halides is 3. The highest BCUT2D eigenvalue weighted by Crippen LogP contribution is 2.40. The van der Waals surface area contributed by atoms with E-state index in [2.05, 4.69) is 5.32 Å². The molecule has 0 spiro atoms. The Morgan fingerprint density at radius 3 is 2.41 bits per heavy atom. The van der Waals surface area contributed by atoms with Crippen LogP contribution in [0, 0.1) is 16.0 Å². The van der Waals surface area contributed by atoms with Crippen molar-refractivity contribution in [2.75, 3.05) is 11.9 Å². The van der Waals surface area contributed by atoms with Gasteiger partial charge in [-0.25, -0.2) is 0 Å². The number of nitrogens with one attached hydrogen (secondary N) is 1. The molecule has 2 N–H and O–H groups in total. The summed E-state index contributed by atoms with van der Waals surface area (Å²) in [5.74, 6) is 0.189. The summed E-state index contributed by atoms with van der Waals surface area (Å²) < 4.78 is 38.3. The molecule has 0 bridgehead atoms. The average molecular weight is 341 g/mol. The second kappa shape index (κ2) is 7.15. The molecule has 1 aromatic rings. The summed E-state index contributed by atoms with van der Waals surface area (Å²) in [6, 6.07) is 0.742. The molecule has 0 aliphatic rings. The zero-order valence-corrected chi connectivity index (χ0v) is 12.7. The Labute approximate surface area is 130 Å². The van der Waals surface area contributed by atoms with Crippen LogP contribution in [0.4, 0.5) is 24.5 Å². The second-order valence-corrected chi connectivity index (χ2v) is 5.66. The van der Waals surface area contributed by atoms with Gasteiger partial charge in [0.15, 0.2) is 0 Å². The van der Waals surface area contributed by atoms with Crippen molar-refractivity contribution in [1.82, 2.24) is 0 Å². The molecule has 0 fully saturated rings. The molecule has 0 heterocycles. The number of aliphatic hydroxyl groups excluding tert-OH is 1. The third-order valence-corrected chi connectivity index (χ3v) is 3.24. The van der Waals surface area contributed by atoms with Crippen LogP contribution in [0.5, 0.6) is 0 Å². The van der Waals surface area contributed by atoms with E-state index in [1.807, 2.05) is 13.8 Å². The van der Waals surface area contributed by atoms with E-state index in [0.29, 0.717) is 12.5 Å². The number of benzene rings is 1. The molecule has 1 unspecified atom stereocenters. The zero-order valence-electron chi connectivity index (χ0n) is 11.9. The van der Waals surface area contributed by atoms with Crippen LogP contribution < -0.4 is 5.32 Å². The first-order chi connectivity index (χ1) is 10.1. The fourth-order valence-electron chi connectivity index (χ4n) is 2.01. The zero-order chi connectivity index (χ0) is 17.1. The van der Waals surface area contributed by atoms with Gasteiger partial charge in [0.05, 0.1) is 22.1 Å². The molecule has 0 radical (unpaired) electrons. The van der Waals surface area contributed by atoms with Gasteiger partial charge in [-0.3, -0.25) is 10.1 Å². The van der Waals surface area contributed by atoms with Crippen LogP contribution in [0.3, 0.4) is 0 Å². The van der Waals surface area contributed by atoms with Gasteiger partial charge >= 0.3 is 6.18 Å². The average Bonchev–Trinajstić information content (AvgIpc) is 2.35. The Morgan fingerprint density at radius 2 is 2.00 bits per heavy atom. The Hall–Kier alpha value is -1.54. The van der Waals surface area contributed by atoms with E-state index >= 15 is 0 Å². The van der Waals surface area contributed by atoms with Crippen molar-refractivity contribution in [3.05, 3.63) is 32.8 Å². The van der Waals surface area contributed by atoms with Crippen molar-refractivity contribution in [2.24, 2.45) is 5.92 Å². The molecule has 0 saturated carbocycles. The van der Waals surface area contributed by atoms with Crippen LogP contribution in [0.15, 0.2) is 12.1 Å². The number of nitro groups is 1. The van der Waals surface area contributed by atoms with Gasteiger partial charge in [-0.1, -0.05) is 25.4 Å². The molecule has 22 heavy (non-hydrogen) atoms. The predicted molar refractivity (Wildman–Crippen MR) is 77.1 cm³/mol. The molecule has 0 aromatic heterocycles. The Balaban J connectivity index is 3.24. The van der Waals surface area contributed by atoms with Gasteiger partial charge in [-0.2, -0.15) is 13.2 Å². The second-order valence-electron chi connectivity index (χ2n) is 5.26. The van der Waals surface area contributed by atoms with Gasteiger partial charge < -0.3 is 10.4 Å². The summed E-state index contributed by atoms with van der Waals surface area (Å²) >= 11 is 5.58. The topological polar surface area (TPSA) is 75.4 Å². The minimum Gasteiger partial charge on any atom is -0.394 e. The monoisotopic (exact) mass is 340 g/mol. The summed E-state index contributed by atoms with van der Waals surface area (Å²) in [6.07, 6.45) is -4.29. The summed E-state index contributed by atoms with van der Waals surface area (Å²) in [6.45, 7) is 3.46. The summed E-state index contributed by atoms with van der Waals surface area (Å²) in [5, 5.41) is 22.3. The number of aliphatic hydroxyl groups is 1. The smallest absolute Gasteiger partial charge is 0.394 e. The van der Waals surface area contributed by atoms with Gasteiger partial charge in [0.1, 0.15) is 5.69 Å². The van der Waals surface area contributed by atoms with Gasteiger partial charge in [0.2, 0.25) is 0 Å². The van der Waals surface area contributed by atoms with E-state index < -0.39 is 33.4 Å². The fraction of sp³-hybridized carbons (Fsp3) is 0.538. The van der Waals surface area contributed by atoms with Crippen molar-refractivity contribution in [1.29, 1.82) is 0 Å². The Kier molecular flexibility index (Phi) is 6.01. The van der Waals surface area contributed by atoms with Gasteiger partial charge in [-0.15, -0.1) is 0 Å². The molecule has 0 amide bonds. The van der Waals surface area contributed by atoms with Crippen LogP contribution in [0.25, 0.3) is 0 Å². The molecule has 9 heteroatoms. The molecule has 5 nitrogen and oxygen atoms in total. The number of anilines is 1. The van der Waals surface area contributed by atoms with Gasteiger partial charge in [0.25, 0.3) is 5.69 Å². The molecule has 1 rings (SSSR count). The minimum absolute atomic E-state index is 0.150. The van der Waals surface area contributed by atoms with E-state index in [9.17, 15) is 28.4 Å². The molecular formula is C13H16ClF3N2O3. The van der Waals surface area contributed by atoms with Crippen molar-refractivity contribution in [3.63, 3.8) is 0 Å². The van der Waals surface area contributed by atoms with Crippen molar-refractivity contribution in [2.45, 2.75) is 32.5 Å². The number of hydrogen-bond acceptors (Lipinski definition) is 4. The van der Waals surface area contributed by atoms with E-state index in [4.69, 9.17) is 11.6 Å². The summed E-state index contributed by atoms with van der Waals surface area (Å²) in [5.41, 5.74) is -2.16. The molecule has 124 valence electrons. The van der Waals surface area contributed by atoms with Gasteiger partial charge in [-0.05, 0) is 18.4 Å². The largest absolute Gasteiger partial charge is 0.418 e. The van der Waals surface area contributed by atoms with Crippen LogP contribution in [0.2, 0.25) is 5.02 Å². The molecule has 1 aromatic carbocycles. The number of rotatable bonds is 6. The summed E-state index contributed by atoms with van der Waals surface area (Å²) in [4.78, 5) is 10.1. The predicted octanol–water partition coefficient (Wildman–Crippen LogP) is 4.09. The van der Waals surface area contributed by atoms with E-state index in [0.717, 1.165) is 6.07 Å². The maximum Gasteiger partial charge on any atom is 0.418 e. The lowest BCUT2D eigenvalue weighted by Gasteiger charge is -2.20. The quantitative estimate of drug-likeness (QED) is 0.604. The molecule has 0 saturated heterocycles. The first-order valence-corrected chi connectivity index (χ1v) is 6.86. The number of hydrogen-bond donors (Lipinski definition) is 2. The highest BCUT2D eigenvalue weighted by molar-refractivity contribution is 6.31. The minimum atomic E-state index is -4.78. The third-order valence-electron chi connectivity index (χ3n) is 2.92. The highest BCUT2D eigenvalue weighted by atomic mass is 35.5. The molecular weight excluding hydrogens is 325 g/mol. The maximum atomic E-state index is 12.8. The number of nitro benzene ring substituents is 1. The lowest BCUT2D eigenvalue weighted by atomic mass is 10.0. The number of nitrogens with zero attached hydrogens (tertiary/aromatic N) is 1. The van der Waals surface area contributed by atoms with Crippen LogP contribution in [-0.4, -0.2) is 22.7 Å². The highest BCUT2D eigenvalue weighted by Gasteiger charge is 2.36. The Bertz CT molecular complexity index is 550. The normalized spacial score (nSPS) is 13.3. The van der Waals surface area contributed by atoms with Crippen LogP contribution in [0.1, 0.15) is 25.8 Å². The SMILES string of the molecule is CC(C)CC(CO)Nc1cc(Cl)c(C(F)(F)F)cc1[N+](=O)[O-].